The molecule has 2 heterocycles. The standard InChI is InChI=1S/C19H29N3O3/c1-3-21-8-10-22(11-9-21)13-15(2)12-20-19(23)18-14-24-16-6-4-5-7-17(16)25-18/h4-7,15,18H,3,8-14H2,1-2H3,(H,20,23). The Hall–Kier alpha value is -1.79. The number of fused-ring (bicyclic) bond motifs is 1. The number of rotatable bonds is 6. The third kappa shape index (κ3) is 4.86. The fraction of sp³-hybridized carbons (Fsp3) is 0.632. The van der Waals surface area contributed by atoms with Gasteiger partial charge < -0.3 is 24.6 Å². The Labute approximate surface area is 150 Å². The van der Waals surface area contributed by atoms with Crippen LogP contribution in [0.3, 0.4) is 0 Å². The fourth-order valence-electron chi connectivity index (χ4n) is 3.33. The molecule has 138 valence electrons. The largest absolute Gasteiger partial charge is 0.485 e. The molecule has 1 fully saturated rings. The van der Waals surface area contributed by atoms with Crippen LogP contribution in [0.25, 0.3) is 0 Å². The summed E-state index contributed by atoms with van der Waals surface area (Å²) in [4.78, 5) is 17.3. The van der Waals surface area contributed by atoms with Crippen LogP contribution in [0.4, 0.5) is 0 Å². The van der Waals surface area contributed by atoms with E-state index in [1.807, 2.05) is 24.3 Å². The number of amides is 1. The molecule has 3 rings (SSSR count). The second-order valence-electron chi connectivity index (χ2n) is 6.95. The minimum Gasteiger partial charge on any atom is -0.485 e. The third-order valence-corrected chi connectivity index (χ3v) is 4.91. The minimum atomic E-state index is -0.574. The van der Waals surface area contributed by atoms with Crippen LogP contribution < -0.4 is 14.8 Å². The number of piperazine rings is 1. The molecule has 0 spiro atoms. The first kappa shape index (κ1) is 18.0. The number of para-hydroxylation sites is 2. The number of carbonyl (C=O) groups is 1. The number of hydrogen-bond acceptors (Lipinski definition) is 5. The Morgan fingerprint density at radius 2 is 1.88 bits per heavy atom. The molecule has 2 aliphatic rings. The Balaban J connectivity index is 1.39. The SMILES string of the molecule is CCN1CCN(CC(C)CNC(=O)C2COc3ccccc3O2)CC1. The smallest absolute Gasteiger partial charge is 0.264 e. The van der Waals surface area contributed by atoms with Crippen LogP contribution in [0.2, 0.25) is 0 Å². The van der Waals surface area contributed by atoms with E-state index in [0.29, 0.717) is 24.0 Å². The number of benzene rings is 1. The lowest BCUT2D eigenvalue weighted by Gasteiger charge is -2.35. The van der Waals surface area contributed by atoms with Crippen LogP contribution in [0, 0.1) is 5.92 Å². The molecule has 1 aromatic carbocycles. The second kappa shape index (κ2) is 8.54. The Morgan fingerprint density at radius 3 is 2.60 bits per heavy atom. The summed E-state index contributed by atoms with van der Waals surface area (Å²) in [6.07, 6.45) is -0.574. The molecule has 6 heteroatoms. The normalized spacial score (nSPS) is 22.4. The van der Waals surface area contributed by atoms with Crippen LogP contribution in [0.5, 0.6) is 11.5 Å². The third-order valence-electron chi connectivity index (χ3n) is 4.91. The average molecular weight is 347 g/mol. The van der Waals surface area contributed by atoms with Crippen molar-refractivity contribution in [1.29, 1.82) is 0 Å². The van der Waals surface area contributed by atoms with Crippen LogP contribution in [-0.2, 0) is 4.79 Å². The van der Waals surface area contributed by atoms with Crippen LogP contribution in [0.1, 0.15) is 13.8 Å². The van der Waals surface area contributed by atoms with E-state index in [-0.39, 0.29) is 12.5 Å². The van der Waals surface area contributed by atoms with E-state index in [0.717, 1.165) is 39.3 Å². The lowest BCUT2D eigenvalue weighted by Crippen LogP contribution is -2.49. The molecule has 0 bridgehead atoms. The zero-order valence-electron chi connectivity index (χ0n) is 15.2. The van der Waals surface area contributed by atoms with E-state index >= 15 is 0 Å². The van der Waals surface area contributed by atoms with Gasteiger partial charge in [-0.2, -0.15) is 0 Å². The van der Waals surface area contributed by atoms with Crippen molar-refractivity contribution in [2.45, 2.75) is 20.0 Å². The molecule has 1 amide bonds. The van der Waals surface area contributed by atoms with Crippen molar-refractivity contribution in [3.63, 3.8) is 0 Å². The maximum atomic E-state index is 12.4. The predicted molar refractivity (Wildman–Crippen MR) is 97.1 cm³/mol. The Morgan fingerprint density at radius 1 is 1.20 bits per heavy atom. The van der Waals surface area contributed by atoms with E-state index in [4.69, 9.17) is 9.47 Å². The van der Waals surface area contributed by atoms with E-state index in [9.17, 15) is 4.79 Å². The summed E-state index contributed by atoms with van der Waals surface area (Å²) in [6.45, 7) is 12.0. The van der Waals surface area contributed by atoms with Gasteiger partial charge in [0, 0.05) is 39.3 Å². The van der Waals surface area contributed by atoms with E-state index in [1.54, 1.807) is 0 Å². The van der Waals surface area contributed by atoms with Gasteiger partial charge in [0.1, 0.15) is 6.61 Å². The highest BCUT2D eigenvalue weighted by Gasteiger charge is 2.27. The first-order chi connectivity index (χ1) is 12.2. The van der Waals surface area contributed by atoms with Gasteiger partial charge in [-0.05, 0) is 24.6 Å². The average Bonchev–Trinajstić information content (AvgIpc) is 2.66. The summed E-state index contributed by atoms with van der Waals surface area (Å²) in [5.74, 6) is 1.65. The van der Waals surface area contributed by atoms with Gasteiger partial charge in [-0.15, -0.1) is 0 Å². The van der Waals surface area contributed by atoms with E-state index in [1.165, 1.54) is 0 Å². The Bertz CT molecular complexity index is 573. The molecular weight excluding hydrogens is 318 g/mol. The molecule has 1 aromatic rings. The molecule has 2 atom stereocenters. The molecule has 0 aliphatic carbocycles. The van der Waals surface area contributed by atoms with E-state index < -0.39 is 6.10 Å². The van der Waals surface area contributed by atoms with Crippen molar-refractivity contribution in [2.75, 3.05) is 52.4 Å². The van der Waals surface area contributed by atoms with Crippen molar-refractivity contribution >= 4 is 5.91 Å². The minimum absolute atomic E-state index is 0.0999. The predicted octanol–water partition coefficient (Wildman–Crippen LogP) is 1.22. The summed E-state index contributed by atoms with van der Waals surface area (Å²) < 4.78 is 11.4. The quantitative estimate of drug-likeness (QED) is 0.838. The highest BCUT2D eigenvalue weighted by Crippen LogP contribution is 2.30. The summed E-state index contributed by atoms with van der Waals surface area (Å²) in [7, 11) is 0. The number of carbonyl (C=O) groups excluding carboxylic acids is 1. The number of likely N-dealkylation sites (N-methyl/N-ethyl adjacent to an activating group) is 1. The number of hydrogen-bond donors (Lipinski definition) is 1. The maximum absolute atomic E-state index is 12.4. The first-order valence-electron chi connectivity index (χ1n) is 9.26. The molecule has 6 nitrogen and oxygen atoms in total. The summed E-state index contributed by atoms with van der Waals surface area (Å²) >= 11 is 0. The summed E-state index contributed by atoms with van der Waals surface area (Å²) in [6, 6.07) is 7.45. The molecule has 1 N–H and O–H groups in total. The maximum Gasteiger partial charge on any atom is 0.264 e. The summed E-state index contributed by atoms with van der Waals surface area (Å²) in [5, 5.41) is 3.01. The number of nitrogens with zero attached hydrogens (tertiary/aromatic N) is 2. The first-order valence-corrected chi connectivity index (χ1v) is 9.26. The van der Waals surface area contributed by atoms with Crippen molar-refractivity contribution < 1.29 is 14.3 Å². The molecular formula is C19H29N3O3. The molecule has 0 aromatic heterocycles. The molecule has 0 saturated carbocycles. The zero-order valence-corrected chi connectivity index (χ0v) is 15.2. The molecule has 2 aliphatic heterocycles. The van der Waals surface area contributed by atoms with Gasteiger partial charge in [0.25, 0.3) is 5.91 Å². The Kier molecular flexibility index (Phi) is 6.15. The van der Waals surface area contributed by atoms with Crippen molar-refractivity contribution in [2.24, 2.45) is 5.92 Å². The van der Waals surface area contributed by atoms with Gasteiger partial charge in [-0.1, -0.05) is 26.0 Å². The van der Waals surface area contributed by atoms with Crippen LogP contribution in [-0.4, -0.2) is 74.2 Å². The van der Waals surface area contributed by atoms with Gasteiger partial charge in [-0.25, -0.2) is 0 Å². The van der Waals surface area contributed by atoms with Gasteiger partial charge in [0.2, 0.25) is 6.10 Å². The fourth-order valence-corrected chi connectivity index (χ4v) is 3.33. The summed E-state index contributed by atoms with van der Waals surface area (Å²) in [5.41, 5.74) is 0. The number of nitrogens with one attached hydrogen (secondary N) is 1. The molecule has 25 heavy (non-hydrogen) atoms. The lowest BCUT2D eigenvalue weighted by atomic mass is 10.1. The molecule has 1 saturated heterocycles. The van der Waals surface area contributed by atoms with Crippen LogP contribution >= 0.6 is 0 Å². The van der Waals surface area contributed by atoms with Crippen LogP contribution in [0.15, 0.2) is 24.3 Å². The number of ether oxygens (including phenoxy) is 2. The topological polar surface area (TPSA) is 54.0 Å². The van der Waals surface area contributed by atoms with Gasteiger partial charge in [0.15, 0.2) is 11.5 Å². The van der Waals surface area contributed by atoms with Gasteiger partial charge >= 0.3 is 0 Å². The van der Waals surface area contributed by atoms with Crippen molar-refractivity contribution in [3.8, 4) is 11.5 Å². The highest BCUT2D eigenvalue weighted by atomic mass is 16.6. The van der Waals surface area contributed by atoms with Crippen molar-refractivity contribution in [1.82, 2.24) is 15.1 Å². The monoisotopic (exact) mass is 347 g/mol. The highest BCUT2D eigenvalue weighted by molar-refractivity contribution is 5.81. The molecule has 0 radical (unpaired) electrons. The van der Waals surface area contributed by atoms with Gasteiger partial charge in [0.05, 0.1) is 0 Å². The van der Waals surface area contributed by atoms with Crippen molar-refractivity contribution in [3.05, 3.63) is 24.3 Å². The van der Waals surface area contributed by atoms with E-state index in [2.05, 4.69) is 29.0 Å². The lowest BCUT2D eigenvalue weighted by molar-refractivity contribution is -0.130. The van der Waals surface area contributed by atoms with Gasteiger partial charge in [-0.3, -0.25) is 4.79 Å². The molecule has 2 unspecified atom stereocenters. The zero-order chi connectivity index (χ0) is 17.6. The second-order valence-corrected chi connectivity index (χ2v) is 6.95.